The van der Waals surface area contributed by atoms with E-state index in [9.17, 15) is 4.21 Å². The SMILES string of the molecule is C/C(=C/OCCC1(C)CCCCCS(=O)C1)c1ccccc1. The summed E-state index contributed by atoms with van der Waals surface area (Å²) in [6, 6.07) is 10.3. The van der Waals surface area contributed by atoms with Crippen LogP contribution in [0.2, 0.25) is 0 Å². The largest absolute Gasteiger partial charge is 0.501 e. The Labute approximate surface area is 137 Å². The Balaban J connectivity index is 1.82. The first-order valence-corrected chi connectivity index (χ1v) is 9.77. The van der Waals surface area contributed by atoms with Gasteiger partial charge < -0.3 is 4.74 Å². The molecule has 0 spiro atoms. The van der Waals surface area contributed by atoms with Crippen molar-refractivity contribution in [1.29, 1.82) is 0 Å². The third-order valence-electron chi connectivity index (χ3n) is 4.47. The van der Waals surface area contributed by atoms with Gasteiger partial charge in [0, 0.05) is 22.3 Å². The zero-order valence-electron chi connectivity index (χ0n) is 13.8. The zero-order chi connectivity index (χ0) is 15.8. The smallest absolute Gasteiger partial charge is 0.0879 e. The Bertz CT molecular complexity index is 509. The molecular weight excluding hydrogens is 292 g/mol. The van der Waals surface area contributed by atoms with Gasteiger partial charge >= 0.3 is 0 Å². The summed E-state index contributed by atoms with van der Waals surface area (Å²) in [6.45, 7) is 5.05. The van der Waals surface area contributed by atoms with Crippen LogP contribution in [0.3, 0.4) is 0 Å². The second-order valence-corrected chi connectivity index (χ2v) is 8.27. The lowest BCUT2D eigenvalue weighted by molar-refractivity contribution is 0.179. The van der Waals surface area contributed by atoms with Crippen LogP contribution in [0.5, 0.6) is 0 Å². The molecule has 1 aliphatic heterocycles. The molecule has 1 aromatic carbocycles. The molecule has 0 bridgehead atoms. The van der Waals surface area contributed by atoms with E-state index in [1.54, 1.807) is 0 Å². The molecule has 1 aromatic rings. The summed E-state index contributed by atoms with van der Waals surface area (Å²) >= 11 is 0. The number of allylic oxidation sites excluding steroid dienone is 1. The van der Waals surface area contributed by atoms with Gasteiger partial charge in [0.25, 0.3) is 0 Å². The number of ether oxygens (including phenoxy) is 1. The van der Waals surface area contributed by atoms with Crippen LogP contribution in [0, 0.1) is 5.41 Å². The predicted molar refractivity (Wildman–Crippen MR) is 95.1 cm³/mol. The standard InChI is InChI=1S/C19H28O2S/c1-17(18-9-5-3-6-10-18)15-21-13-12-19(2)11-7-4-8-14-22(20)16-19/h3,5-6,9-10,15H,4,7-8,11-14,16H2,1-2H3/b17-15-. The van der Waals surface area contributed by atoms with E-state index >= 15 is 0 Å². The minimum absolute atomic E-state index is 0.166. The van der Waals surface area contributed by atoms with Gasteiger partial charge in [-0.2, -0.15) is 0 Å². The summed E-state index contributed by atoms with van der Waals surface area (Å²) < 4.78 is 17.8. The monoisotopic (exact) mass is 320 g/mol. The molecule has 1 aliphatic rings. The first kappa shape index (κ1) is 17.3. The van der Waals surface area contributed by atoms with Crippen molar-refractivity contribution in [3.8, 4) is 0 Å². The fraction of sp³-hybridized carbons (Fsp3) is 0.579. The second-order valence-electron chi connectivity index (χ2n) is 6.70. The van der Waals surface area contributed by atoms with Crippen molar-refractivity contribution in [2.45, 2.75) is 46.0 Å². The molecule has 0 N–H and O–H groups in total. The van der Waals surface area contributed by atoms with E-state index in [2.05, 4.69) is 26.0 Å². The van der Waals surface area contributed by atoms with Crippen LogP contribution in [0.1, 0.15) is 51.5 Å². The van der Waals surface area contributed by atoms with Gasteiger partial charge in [0.1, 0.15) is 0 Å². The Hall–Kier alpha value is -1.09. The van der Waals surface area contributed by atoms with E-state index in [4.69, 9.17) is 4.74 Å². The van der Waals surface area contributed by atoms with Crippen molar-refractivity contribution in [2.24, 2.45) is 5.41 Å². The van der Waals surface area contributed by atoms with Crippen molar-refractivity contribution in [1.82, 2.24) is 0 Å². The highest BCUT2D eigenvalue weighted by Gasteiger charge is 2.27. The van der Waals surface area contributed by atoms with Crippen LogP contribution in [-0.4, -0.2) is 22.3 Å². The lowest BCUT2D eigenvalue weighted by Crippen LogP contribution is -2.28. The van der Waals surface area contributed by atoms with E-state index in [0.717, 1.165) is 29.9 Å². The van der Waals surface area contributed by atoms with Crippen molar-refractivity contribution in [3.63, 3.8) is 0 Å². The molecule has 0 saturated carbocycles. The molecule has 122 valence electrons. The average molecular weight is 320 g/mol. The van der Waals surface area contributed by atoms with Gasteiger partial charge in [-0.25, -0.2) is 0 Å². The Morgan fingerprint density at radius 1 is 1.27 bits per heavy atom. The molecule has 0 radical (unpaired) electrons. The molecule has 0 amide bonds. The van der Waals surface area contributed by atoms with E-state index in [1.165, 1.54) is 24.8 Å². The average Bonchev–Trinajstić information content (AvgIpc) is 2.50. The molecule has 2 rings (SSSR count). The minimum atomic E-state index is -0.653. The molecule has 2 atom stereocenters. The summed E-state index contributed by atoms with van der Waals surface area (Å²) in [7, 11) is -0.653. The van der Waals surface area contributed by atoms with E-state index in [1.807, 2.05) is 24.5 Å². The van der Waals surface area contributed by atoms with Gasteiger partial charge in [0.15, 0.2) is 0 Å². The molecule has 1 heterocycles. The van der Waals surface area contributed by atoms with Crippen molar-refractivity contribution >= 4 is 16.4 Å². The van der Waals surface area contributed by atoms with E-state index in [-0.39, 0.29) is 5.41 Å². The fourth-order valence-corrected chi connectivity index (χ4v) is 4.72. The summed E-state index contributed by atoms with van der Waals surface area (Å²) in [5.74, 6) is 1.71. The molecule has 1 saturated heterocycles. The van der Waals surface area contributed by atoms with Crippen LogP contribution >= 0.6 is 0 Å². The predicted octanol–water partition coefficient (Wildman–Crippen LogP) is 4.78. The topological polar surface area (TPSA) is 26.3 Å². The van der Waals surface area contributed by atoms with E-state index in [0.29, 0.717) is 6.61 Å². The van der Waals surface area contributed by atoms with Crippen LogP contribution in [0.25, 0.3) is 5.57 Å². The minimum Gasteiger partial charge on any atom is -0.501 e. The molecular formula is C19H28O2S. The molecule has 0 aromatic heterocycles. The molecule has 0 aliphatic carbocycles. The normalized spacial score (nSPS) is 27.0. The highest BCUT2D eigenvalue weighted by atomic mass is 32.2. The molecule has 1 fully saturated rings. The van der Waals surface area contributed by atoms with Crippen LogP contribution in [-0.2, 0) is 15.5 Å². The summed E-state index contributed by atoms with van der Waals surface area (Å²) in [4.78, 5) is 0. The van der Waals surface area contributed by atoms with E-state index < -0.39 is 10.8 Å². The molecule has 3 heteroatoms. The molecule has 2 unspecified atom stereocenters. The van der Waals surface area contributed by atoms with Gasteiger partial charge in [-0.15, -0.1) is 0 Å². The number of hydrogen-bond donors (Lipinski definition) is 0. The van der Waals surface area contributed by atoms with Gasteiger partial charge in [-0.05, 0) is 42.7 Å². The van der Waals surface area contributed by atoms with Crippen molar-refractivity contribution in [3.05, 3.63) is 42.2 Å². The molecule has 22 heavy (non-hydrogen) atoms. The summed E-state index contributed by atoms with van der Waals surface area (Å²) in [5.41, 5.74) is 2.51. The lowest BCUT2D eigenvalue weighted by Gasteiger charge is -2.30. The fourth-order valence-electron chi connectivity index (χ4n) is 2.98. The highest BCUT2D eigenvalue weighted by Crippen LogP contribution is 2.32. The third-order valence-corrected chi connectivity index (χ3v) is 6.24. The van der Waals surface area contributed by atoms with Crippen LogP contribution in [0.4, 0.5) is 0 Å². The summed E-state index contributed by atoms with van der Waals surface area (Å²) in [5, 5.41) is 0. The number of hydrogen-bond acceptors (Lipinski definition) is 2. The maximum Gasteiger partial charge on any atom is 0.0879 e. The zero-order valence-corrected chi connectivity index (χ0v) is 14.7. The first-order chi connectivity index (χ1) is 10.6. The maximum atomic E-state index is 12.0. The Kier molecular flexibility index (Phi) is 6.69. The van der Waals surface area contributed by atoms with Gasteiger partial charge in [0.2, 0.25) is 0 Å². The quantitative estimate of drug-likeness (QED) is 0.576. The lowest BCUT2D eigenvalue weighted by atomic mass is 9.83. The second kappa shape index (κ2) is 8.52. The highest BCUT2D eigenvalue weighted by molar-refractivity contribution is 7.85. The van der Waals surface area contributed by atoms with Crippen LogP contribution < -0.4 is 0 Å². The van der Waals surface area contributed by atoms with Gasteiger partial charge in [-0.1, -0.05) is 50.1 Å². The third kappa shape index (κ3) is 5.60. The van der Waals surface area contributed by atoms with Crippen molar-refractivity contribution < 1.29 is 8.95 Å². The summed E-state index contributed by atoms with van der Waals surface area (Å²) in [6.07, 6.45) is 7.61. The van der Waals surface area contributed by atoms with Gasteiger partial charge in [0.05, 0.1) is 12.9 Å². The Morgan fingerprint density at radius 3 is 2.82 bits per heavy atom. The van der Waals surface area contributed by atoms with Gasteiger partial charge in [-0.3, -0.25) is 4.21 Å². The number of rotatable bonds is 5. The molecule has 2 nitrogen and oxygen atoms in total. The Morgan fingerprint density at radius 2 is 2.05 bits per heavy atom. The maximum absolute atomic E-state index is 12.0. The van der Waals surface area contributed by atoms with Crippen LogP contribution in [0.15, 0.2) is 36.6 Å². The number of benzene rings is 1. The first-order valence-electron chi connectivity index (χ1n) is 8.28. The van der Waals surface area contributed by atoms with Crippen molar-refractivity contribution in [2.75, 3.05) is 18.1 Å².